The Bertz CT molecular complexity index is 588. The van der Waals surface area contributed by atoms with Crippen LogP contribution in [0.25, 0.3) is 0 Å². The number of nitrogens with zero attached hydrogens (tertiary/aromatic N) is 1. The number of hydrogen-bond donors (Lipinski definition) is 1. The minimum absolute atomic E-state index is 0.00897. The van der Waals surface area contributed by atoms with Crippen LogP contribution < -0.4 is 0 Å². The molecule has 0 bridgehead atoms. The molecule has 1 aliphatic heterocycles. The number of aliphatic hydroxyl groups excluding tert-OH is 1. The third-order valence-corrected chi connectivity index (χ3v) is 6.33. The second-order valence-electron chi connectivity index (χ2n) is 8.56. The Labute approximate surface area is 152 Å². The number of aryl methyl sites for hydroxylation is 2. The number of carbonyl (C=O) groups excluding carboxylic acids is 1. The Hall–Kier alpha value is -1.35. The highest BCUT2D eigenvalue weighted by molar-refractivity contribution is 5.80. The lowest BCUT2D eigenvalue weighted by Crippen LogP contribution is -2.60. The molecule has 1 heterocycles. The van der Waals surface area contributed by atoms with Gasteiger partial charge in [-0.2, -0.15) is 0 Å². The first-order chi connectivity index (χ1) is 12.0. The van der Waals surface area contributed by atoms with Crippen LogP contribution in [-0.4, -0.2) is 35.6 Å². The standard InChI is InChI=1S/C22H33NO2/c1-4-5-19(13-24)21(25)23-14-22(15-23)8-6-18(7-9-22)20-11-16(2)10-17(3)12-20/h10-12,18-19,24H,4-9,13-15H2,1-3H3/t19-/m1/s1. The highest BCUT2D eigenvalue weighted by atomic mass is 16.3. The molecular formula is C22H33NO2. The quantitative estimate of drug-likeness (QED) is 0.870. The maximum Gasteiger partial charge on any atom is 0.228 e. The lowest BCUT2D eigenvalue weighted by Gasteiger charge is -2.54. The smallest absolute Gasteiger partial charge is 0.228 e. The molecule has 1 aromatic carbocycles. The molecule has 2 fully saturated rings. The summed E-state index contributed by atoms with van der Waals surface area (Å²) in [6.45, 7) is 8.25. The van der Waals surface area contributed by atoms with Crippen molar-refractivity contribution in [2.75, 3.05) is 19.7 Å². The van der Waals surface area contributed by atoms with Crippen molar-refractivity contribution in [2.24, 2.45) is 11.3 Å². The van der Waals surface area contributed by atoms with Gasteiger partial charge in [0.1, 0.15) is 0 Å². The summed E-state index contributed by atoms with van der Waals surface area (Å²) >= 11 is 0. The Balaban J connectivity index is 1.54. The van der Waals surface area contributed by atoms with E-state index in [0.717, 1.165) is 25.9 Å². The maximum absolute atomic E-state index is 12.5. The Morgan fingerprint density at radius 3 is 2.32 bits per heavy atom. The number of aliphatic hydroxyl groups is 1. The predicted octanol–water partition coefficient (Wildman–Crippen LogP) is 4.20. The summed E-state index contributed by atoms with van der Waals surface area (Å²) < 4.78 is 0. The molecule has 1 spiro atoms. The van der Waals surface area contributed by atoms with Crippen molar-refractivity contribution in [3.05, 3.63) is 34.9 Å². The van der Waals surface area contributed by atoms with Gasteiger partial charge in [-0.1, -0.05) is 42.7 Å². The number of rotatable bonds is 5. The first kappa shape index (κ1) is 18.4. The van der Waals surface area contributed by atoms with E-state index in [1.807, 2.05) is 4.90 Å². The molecule has 1 atom stereocenters. The summed E-state index contributed by atoms with van der Waals surface area (Å²) in [6, 6.07) is 6.95. The zero-order valence-corrected chi connectivity index (χ0v) is 16.1. The van der Waals surface area contributed by atoms with Crippen LogP contribution in [0.1, 0.15) is 68.1 Å². The van der Waals surface area contributed by atoms with Gasteiger partial charge < -0.3 is 10.0 Å². The molecule has 25 heavy (non-hydrogen) atoms. The van der Waals surface area contributed by atoms with Crippen molar-refractivity contribution in [1.82, 2.24) is 4.90 Å². The van der Waals surface area contributed by atoms with Gasteiger partial charge in [-0.25, -0.2) is 0 Å². The largest absolute Gasteiger partial charge is 0.396 e. The zero-order valence-electron chi connectivity index (χ0n) is 16.1. The number of benzene rings is 1. The fourth-order valence-electron chi connectivity index (χ4n) is 4.94. The zero-order chi connectivity index (χ0) is 18.0. The molecule has 1 amide bonds. The van der Waals surface area contributed by atoms with Gasteiger partial charge in [0.2, 0.25) is 5.91 Å². The van der Waals surface area contributed by atoms with Crippen molar-refractivity contribution in [2.45, 2.75) is 65.2 Å². The number of likely N-dealkylation sites (tertiary alicyclic amines) is 1. The van der Waals surface area contributed by atoms with Gasteiger partial charge in [0, 0.05) is 18.5 Å². The van der Waals surface area contributed by atoms with Gasteiger partial charge in [-0.05, 0) is 57.4 Å². The van der Waals surface area contributed by atoms with Gasteiger partial charge in [0.05, 0.1) is 12.5 Å². The van der Waals surface area contributed by atoms with Crippen molar-refractivity contribution in [1.29, 1.82) is 0 Å². The second-order valence-corrected chi connectivity index (χ2v) is 8.56. The molecule has 3 nitrogen and oxygen atoms in total. The fraction of sp³-hybridized carbons (Fsp3) is 0.682. The normalized spacial score (nSPS) is 21.2. The first-order valence-electron chi connectivity index (χ1n) is 9.94. The van der Waals surface area contributed by atoms with Crippen LogP contribution in [0, 0.1) is 25.2 Å². The van der Waals surface area contributed by atoms with Crippen LogP contribution in [0.2, 0.25) is 0 Å². The highest BCUT2D eigenvalue weighted by Gasteiger charge is 2.47. The topological polar surface area (TPSA) is 40.5 Å². The lowest BCUT2D eigenvalue weighted by molar-refractivity contribution is -0.152. The lowest BCUT2D eigenvalue weighted by atomic mass is 9.64. The van der Waals surface area contributed by atoms with Gasteiger partial charge in [-0.15, -0.1) is 0 Å². The number of carbonyl (C=O) groups is 1. The summed E-state index contributed by atoms with van der Waals surface area (Å²) in [5.41, 5.74) is 4.59. The molecule has 0 radical (unpaired) electrons. The van der Waals surface area contributed by atoms with Crippen molar-refractivity contribution < 1.29 is 9.90 Å². The van der Waals surface area contributed by atoms with E-state index in [9.17, 15) is 9.90 Å². The predicted molar refractivity (Wildman–Crippen MR) is 102 cm³/mol. The van der Waals surface area contributed by atoms with E-state index in [4.69, 9.17) is 0 Å². The van der Waals surface area contributed by atoms with Crippen LogP contribution in [-0.2, 0) is 4.79 Å². The summed E-state index contributed by atoms with van der Waals surface area (Å²) in [4.78, 5) is 14.5. The van der Waals surface area contributed by atoms with Gasteiger partial charge in [0.15, 0.2) is 0 Å². The highest BCUT2D eigenvalue weighted by Crippen LogP contribution is 2.48. The third kappa shape index (κ3) is 3.92. The molecule has 1 N–H and O–H groups in total. The average molecular weight is 344 g/mol. The molecule has 0 aromatic heterocycles. The minimum Gasteiger partial charge on any atom is -0.396 e. The van der Waals surface area contributed by atoms with E-state index < -0.39 is 0 Å². The Morgan fingerprint density at radius 2 is 1.80 bits per heavy atom. The first-order valence-corrected chi connectivity index (χ1v) is 9.94. The van der Waals surface area contributed by atoms with Gasteiger partial charge in [0.25, 0.3) is 0 Å². The third-order valence-electron chi connectivity index (χ3n) is 6.33. The molecule has 3 heteroatoms. The molecule has 138 valence electrons. The summed E-state index contributed by atoms with van der Waals surface area (Å²) in [5.74, 6) is 0.666. The second kappa shape index (κ2) is 7.49. The number of hydrogen-bond acceptors (Lipinski definition) is 2. The van der Waals surface area contributed by atoms with Crippen LogP contribution in [0.15, 0.2) is 18.2 Å². The van der Waals surface area contributed by atoms with Crippen LogP contribution >= 0.6 is 0 Å². The molecule has 3 rings (SSSR count). The maximum atomic E-state index is 12.5. The molecular weight excluding hydrogens is 310 g/mol. The fourth-order valence-corrected chi connectivity index (χ4v) is 4.94. The van der Waals surface area contributed by atoms with Gasteiger partial charge in [-0.3, -0.25) is 4.79 Å². The molecule has 1 saturated carbocycles. The summed E-state index contributed by atoms with van der Waals surface area (Å²) in [7, 11) is 0. The Kier molecular flexibility index (Phi) is 5.52. The summed E-state index contributed by atoms with van der Waals surface area (Å²) in [5, 5.41) is 9.46. The molecule has 0 unspecified atom stereocenters. The van der Waals surface area contributed by atoms with E-state index >= 15 is 0 Å². The van der Waals surface area contributed by atoms with E-state index in [2.05, 4.69) is 39.0 Å². The number of amides is 1. The van der Waals surface area contributed by atoms with E-state index in [-0.39, 0.29) is 18.4 Å². The Morgan fingerprint density at radius 1 is 1.20 bits per heavy atom. The van der Waals surface area contributed by atoms with Crippen molar-refractivity contribution >= 4 is 5.91 Å². The molecule has 1 saturated heterocycles. The minimum atomic E-state index is -0.186. The van der Waals surface area contributed by atoms with Crippen LogP contribution in [0.4, 0.5) is 0 Å². The summed E-state index contributed by atoms with van der Waals surface area (Å²) in [6.07, 6.45) is 6.69. The molecule has 2 aliphatic rings. The van der Waals surface area contributed by atoms with E-state index in [1.54, 1.807) is 0 Å². The van der Waals surface area contributed by atoms with E-state index in [1.165, 1.54) is 42.4 Å². The van der Waals surface area contributed by atoms with Crippen molar-refractivity contribution in [3.8, 4) is 0 Å². The van der Waals surface area contributed by atoms with Crippen LogP contribution in [0.3, 0.4) is 0 Å². The molecule has 1 aliphatic carbocycles. The average Bonchev–Trinajstić information content (AvgIpc) is 2.56. The SMILES string of the molecule is CCC[C@H](CO)C(=O)N1CC2(CCC(c3cc(C)cc(C)c3)CC2)C1. The molecule has 1 aromatic rings. The van der Waals surface area contributed by atoms with Crippen LogP contribution in [0.5, 0.6) is 0 Å². The van der Waals surface area contributed by atoms with E-state index in [0.29, 0.717) is 11.3 Å². The monoisotopic (exact) mass is 343 g/mol. The van der Waals surface area contributed by atoms with Gasteiger partial charge >= 0.3 is 0 Å². The van der Waals surface area contributed by atoms with Crippen molar-refractivity contribution in [3.63, 3.8) is 0 Å².